The van der Waals surface area contributed by atoms with E-state index < -0.39 is 0 Å². The van der Waals surface area contributed by atoms with E-state index in [0.29, 0.717) is 18.8 Å². The molecule has 0 aliphatic carbocycles. The summed E-state index contributed by atoms with van der Waals surface area (Å²) in [6.45, 7) is 4.33. The summed E-state index contributed by atoms with van der Waals surface area (Å²) in [4.78, 5) is 28.0. The van der Waals surface area contributed by atoms with Crippen molar-refractivity contribution in [3.05, 3.63) is 29.8 Å². The molecule has 2 saturated heterocycles. The Kier molecular flexibility index (Phi) is 4.81. The van der Waals surface area contributed by atoms with Crippen LogP contribution in [0, 0.1) is 5.92 Å². The van der Waals surface area contributed by atoms with Crippen molar-refractivity contribution in [2.45, 2.75) is 6.42 Å². The van der Waals surface area contributed by atoms with E-state index in [1.807, 2.05) is 17.0 Å². The van der Waals surface area contributed by atoms with Gasteiger partial charge in [0.2, 0.25) is 5.91 Å². The first-order valence-corrected chi connectivity index (χ1v) is 7.99. The predicted molar refractivity (Wildman–Crippen MR) is 85.5 cm³/mol. The zero-order valence-corrected chi connectivity index (χ0v) is 13.4. The highest BCUT2D eigenvalue weighted by Crippen LogP contribution is 2.20. The molecule has 0 radical (unpaired) electrons. The number of anilines is 1. The van der Waals surface area contributed by atoms with Crippen molar-refractivity contribution < 1.29 is 19.1 Å². The normalized spacial score (nSPS) is 21.3. The summed E-state index contributed by atoms with van der Waals surface area (Å²) in [6.07, 6.45) is 0.841. The molecule has 0 N–H and O–H groups in total. The highest BCUT2D eigenvalue weighted by molar-refractivity contribution is 5.89. The van der Waals surface area contributed by atoms with Crippen molar-refractivity contribution in [2.24, 2.45) is 5.92 Å². The molecule has 0 spiro atoms. The molecule has 6 heteroatoms. The number of benzene rings is 1. The molecule has 1 amide bonds. The molecule has 1 aromatic carbocycles. The van der Waals surface area contributed by atoms with Crippen molar-refractivity contribution in [2.75, 3.05) is 51.4 Å². The standard InChI is InChI=1S/C17H22N2O4/c1-22-17(21)13-2-4-15(5-3-13)18-7-9-19(10-8-18)16(20)14-6-11-23-12-14/h2-5,14H,6-12H2,1H3/t14-/m1/s1. The molecule has 1 aromatic rings. The molecule has 1 atom stereocenters. The maximum Gasteiger partial charge on any atom is 0.337 e. The third-order valence-corrected chi connectivity index (χ3v) is 4.52. The van der Waals surface area contributed by atoms with Gasteiger partial charge in [-0.1, -0.05) is 0 Å². The van der Waals surface area contributed by atoms with Crippen LogP contribution < -0.4 is 4.90 Å². The zero-order chi connectivity index (χ0) is 16.2. The van der Waals surface area contributed by atoms with E-state index in [1.165, 1.54) is 7.11 Å². The Balaban J connectivity index is 1.56. The van der Waals surface area contributed by atoms with Crippen LogP contribution in [-0.4, -0.2) is 63.3 Å². The van der Waals surface area contributed by atoms with Gasteiger partial charge in [0.25, 0.3) is 0 Å². The Morgan fingerprint density at radius 1 is 1.13 bits per heavy atom. The SMILES string of the molecule is COC(=O)c1ccc(N2CCN(C(=O)[C@@H]3CCOC3)CC2)cc1. The first-order valence-electron chi connectivity index (χ1n) is 7.99. The average molecular weight is 318 g/mol. The first kappa shape index (κ1) is 15.8. The summed E-state index contributed by atoms with van der Waals surface area (Å²) in [5, 5.41) is 0. The fraction of sp³-hybridized carbons (Fsp3) is 0.529. The Morgan fingerprint density at radius 2 is 1.83 bits per heavy atom. The maximum absolute atomic E-state index is 12.4. The number of carbonyl (C=O) groups excluding carboxylic acids is 2. The van der Waals surface area contributed by atoms with Crippen molar-refractivity contribution >= 4 is 17.6 Å². The van der Waals surface area contributed by atoms with E-state index in [2.05, 4.69) is 4.90 Å². The van der Waals surface area contributed by atoms with E-state index in [0.717, 1.165) is 38.3 Å². The van der Waals surface area contributed by atoms with Crippen molar-refractivity contribution in [3.8, 4) is 0 Å². The van der Waals surface area contributed by atoms with Gasteiger partial charge in [-0.15, -0.1) is 0 Å². The van der Waals surface area contributed by atoms with Crippen molar-refractivity contribution in [1.82, 2.24) is 4.90 Å². The Bertz CT molecular complexity index is 558. The number of carbonyl (C=O) groups is 2. The largest absolute Gasteiger partial charge is 0.465 e. The molecular formula is C17H22N2O4. The monoisotopic (exact) mass is 318 g/mol. The molecule has 2 aliphatic heterocycles. The zero-order valence-electron chi connectivity index (χ0n) is 13.4. The van der Waals surface area contributed by atoms with Crippen LogP contribution in [0.5, 0.6) is 0 Å². The van der Waals surface area contributed by atoms with E-state index >= 15 is 0 Å². The second-order valence-electron chi connectivity index (χ2n) is 5.91. The number of hydrogen-bond donors (Lipinski definition) is 0. The minimum Gasteiger partial charge on any atom is -0.465 e. The second kappa shape index (κ2) is 7.00. The predicted octanol–water partition coefficient (Wildman–Crippen LogP) is 1.16. The third kappa shape index (κ3) is 3.47. The van der Waals surface area contributed by atoms with Crippen LogP contribution in [0.15, 0.2) is 24.3 Å². The van der Waals surface area contributed by atoms with Crippen LogP contribution in [0.25, 0.3) is 0 Å². The van der Waals surface area contributed by atoms with Gasteiger partial charge in [0.15, 0.2) is 0 Å². The summed E-state index contributed by atoms with van der Waals surface area (Å²) in [5.74, 6) is -0.0603. The van der Waals surface area contributed by atoms with Gasteiger partial charge in [0.1, 0.15) is 0 Å². The molecule has 0 unspecified atom stereocenters. The topological polar surface area (TPSA) is 59.1 Å². The van der Waals surface area contributed by atoms with Crippen LogP contribution in [-0.2, 0) is 14.3 Å². The number of esters is 1. The molecule has 6 nitrogen and oxygen atoms in total. The molecule has 0 aromatic heterocycles. The highest BCUT2D eigenvalue weighted by Gasteiger charge is 2.30. The summed E-state index contributed by atoms with van der Waals surface area (Å²) >= 11 is 0. The van der Waals surface area contributed by atoms with E-state index in [1.54, 1.807) is 12.1 Å². The van der Waals surface area contributed by atoms with E-state index in [4.69, 9.17) is 9.47 Å². The van der Waals surface area contributed by atoms with Gasteiger partial charge >= 0.3 is 5.97 Å². The van der Waals surface area contributed by atoms with E-state index in [9.17, 15) is 9.59 Å². The molecule has 2 fully saturated rings. The highest BCUT2D eigenvalue weighted by atomic mass is 16.5. The fourth-order valence-corrected chi connectivity index (χ4v) is 3.10. The minimum atomic E-state index is -0.328. The van der Waals surface area contributed by atoms with Gasteiger partial charge in [0.05, 0.1) is 25.2 Å². The Hall–Kier alpha value is -2.08. The summed E-state index contributed by atoms with van der Waals surface area (Å²) in [6, 6.07) is 7.40. The van der Waals surface area contributed by atoms with Crippen LogP contribution in [0.3, 0.4) is 0 Å². The molecule has 124 valence electrons. The van der Waals surface area contributed by atoms with Crippen LogP contribution in [0.1, 0.15) is 16.8 Å². The quantitative estimate of drug-likeness (QED) is 0.783. The molecule has 23 heavy (non-hydrogen) atoms. The number of amides is 1. The maximum atomic E-state index is 12.4. The molecular weight excluding hydrogens is 296 g/mol. The molecule has 2 heterocycles. The number of methoxy groups -OCH3 is 1. The molecule has 2 aliphatic rings. The van der Waals surface area contributed by atoms with Gasteiger partial charge in [-0.05, 0) is 30.7 Å². The number of nitrogens with zero attached hydrogens (tertiary/aromatic N) is 2. The van der Waals surface area contributed by atoms with Crippen LogP contribution in [0.2, 0.25) is 0 Å². The molecule has 0 saturated carbocycles. The minimum absolute atomic E-state index is 0.0425. The number of rotatable bonds is 3. The first-order chi connectivity index (χ1) is 11.2. The summed E-state index contributed by atoms with van der Waals surface area (Å²) in [5.41, 5.74) is 1.61. The van der Waals surface area contributed by atoms with Crippen molar-refractivity contribution in [1.29, 1.82) is 0 Å². The number of hydrogen-bond acceptors (Lipinski definition) is 5. The lowest BCUT2D eigenvalue weighted by Gasteiger charge is -2.37. The second-order valence-corrected chi connectivity index (χ2v) is 5.91. The summed E-state index contributed by atoms with van der Waals surface area (Å²) in [7, 11) is 1.38. The van der Waals surface area contributed by atoms with Gasteiger partial charge < -0.3 is 19.3 Å². The van der Waals surface area contributed by atoms with Gasteiger partial charge in [-0.3, -0.25) is 4.79 Å². The smallest absolute Gasteiger partial charge is 0.337 e. The van der Waals surface area contributed by atoms with Crippen LogP contribution >= 0.6 is 0 Å². The van der Waals surface area contributed by atoms with Gasteiger partial charge in [-0.2, -0.15) is 0 Å². The lowest BCUT2D eigenvalue weighted by molar-refractivity contribution is -0.135. The van der Waals surface area contributed by atoms with Crippen molar-refractivity contribution in [3.63, 3.8) is 0 Å². The molecule has 3 rings (SSSR count). The summed E-state index contributed by atoms with van der Waals surface area (Å²) < 4.78 is 10.0. The number of piperazine rings is 1. The Morgan fingerprint density at radius 3 is 2.39 bits per heavy atom. The lowest BCUT2D eigenvalue weighted by Crippen LogP contribution is -2.50. The fourth-order valence-electron chi connectivity index (χ4n) is 3.10. The average Bonchev–Trinajstić information content (AvgIpc) is 3.15. The lowest BCUT2D eigenvalue weighted by atomic mass is 10.1. The third-order valence-electron chi connectivity index (χ3n) is 4.52. The van der Waals surface area contributed by atoms with E-state index in [-0.39, 0.29) is 17.8 Å². The Labute approximate surface area is 136 Å². The van der Waals surface area contributed by atoms with Gasteiger partial charge in [-0.25, -0.2) is 4.79 Å². The van der Waals surface area contributed by atoms with Gasteiger partial charge in [0, 0.05) is 38.5 Å². The number of ether oxygens (including phenoxy) is 2. The van der Waals surface area contributed by atoms with Crippen LogP contribution in [0.4, 0.5) is 5.69 Å². The molecule has 0 bridgehead atoms.